The predicted octanol–water partition coefficient (Wildman–Crippen LogP) is 1.78. The first kappa shape index (κ1) is 10.9. The molecule has 0 amide bonds. The van der Waals surface area contributed by atoms with Crippen LogP contribution in [0, 0.1) is 5.92 Å². The van der Waals surface area contributed by atoms with Gasteiger partial charge < -0.3 is 10.6 Å². The standard InChI is InChI=1S/C10H20N2S/c1-9-5-7-12(8-9)6-3-2-4-10(11)13/h9H,2-8H2,1H3,(H2,11,13). The third kappa shape index (κ3) is 4.58. The van der Waals surface area contributed by atoms with E-state index < -0.39 is 0 Å². The molecule has 1 unspecified atom stereocenters. The fourth-order valence-electron chi connectivity index (χ4n) is 1.86. The highest BCUT2D eigenvalue weighted by Gasteiger charge is 2.17. The normalized spacial score (nSPS) is 23.6. The number of hydrogen-bond donors (Lipinski definition) is 1. The molecule has 0 aliphatic carbocycles. The second-order valence-electron chi connectivity index (χ2n) is 4.12. The first-order chi connectivity index (χ1) is 6.18. The van der Waals surface area contributed by atoms with Gasteiger partial charge in [-0.1, -0.05) is 19.1 Å². The molecule has 2 nitrogen and oxygen atoms in total. The van der Waals surface area contributed by atoms with Crippen molar-refractivity contribution in [1.29, 1.82) is 0 Å². The zero-order chi connectivity index (χ0) is 9.68. The fourth-order valence-corrected chi connectivity index (χ4v) is 2.01. The Hall–Kier alpha value is -0.150. The van der Waals surface area contributed by atoms with E-state index in [-0.39, 0.29) is 0 Å². The molecule has 1 aliphatic rings. The molecular weight excluding hydrogens is 180 g/mol. The number of thiocarbonyl (C=S) groups is 1. The molecule has 1 rings (SSSR count). The van der Waals surface area contributed by atoms with Crippen LogP contribution in [-0.2, 0) is 0 Å². The van der Waals surface area contributed by atoms with E-state index in [0.717, 1.165) is 18.8 Å². The Balaban J connectivity index is 1.97. The quantitative estimate of drug-likeness (QED) is 0.542. The van der Waals surface area contributed by atoms with E-state index in [9.17, 15) is 0 Å². The van der Waals surface area contributed by atoms with Crippen molar-refractivity contribution in [1.82, 2.24) is 4.90 Å². The Morgan fingerprint density at radius 2 is 2.31 bits per heavy atom. The van der Waals surface area contributed by atoms with Crippen molar-refractivity contribution < 1.29 is 0 Å². The van der Waals surface area contributed by atoms with Crippen LogP contribution in [0.25, 0.3) is 0 Å². The van der Waals surface area contributed by atoms with Gasteiger partial charge in [0.1, 0.15) is 0 Å². The smallest absolute Gasteiger partial charge is 0.0727 e. The molecule has 76 valence electrons. The summed E-state index contributed by atoms with van der Waals surface area (Å²) in [6.07, 6.45) is 4.68. The third-order valence-corrected chi connectivity index (χ3v) is 2.86. The molecule has 0 aromatic carbocycles. The summed E-state index contributed by atoms with van der Waals surface area (Å²) in [5.41, 5.74) is 5.43. The van der Waals surface area contributed by atoms with Crippen molar-refractivity contribution >= 4 is 17.2 Å². The van der Waals surface area contributed by atoms with E-state index in [0.29, 0.717) is 4.99 Å². The molecule has 0 aromatic rings. The summed E-state index contributed by atoms with van der Waals surface area (Å²) >= 11 is 4.83. The molecular formula is C10H20N2S. The lowest BCUT2D eigenvalue weighted by atomic mass is 10.2. The van der Waals surface area contributed by atoms with Gasteiger partial charge in [-0.3, -0.25) is 0 Å². The summed E-state index contributed by atoms with van der Waals surface area (Å²) < 4.78 is 0. The van der Waals surface area contributed by atoms with Crippen LogP contribution in [0.2, 0.25) is 0 Å². The SMILES string of the molecule is CC1CCN(CCCCC(N)=S)C1. The lowest BCUT2D eigenvalue weighted by Gasteiger charge is -2.14. The molecule has 1 fully saturated rings. The van der Waals surface area contributed by atoms with Crippen molar-refractivity contribution in [2.45, 2.75) is 32.6 Å². The van der Waals surface area contributed by atoms with Crippen LogP contribution in [0.5, 0.6) is 0 Å². The van der Waals surface area contributed by atoms with Gasteiger partial charge in [0.15, 0.2) is 0 Å². The van der Waals surface area contributed by atoms with Crippen molar-refractivity contribution in [3.05, 3.63) is 0 Å². The maximum atomic E-state index is 5.43. The molecule has 1 saturated heterocycles. The third-order valence-electron chi connectivity index (χ3n) is 2.66. The molecule has 1 atom stereocenters. The average molecular weight is 200 g/mol. The lowest BCUT2D eigenvalue weighted by Crippen LogP contribution is -2.21. The van der Waals surface area contributed by atoms with E-state index in [4.69, 9.17) is 18.0 Å². The largest absolute Gasteiger partial charge is 0.393 e. The van der Waals surface area contributed by atoms with Gasteiger partial charge in [-0.05, 0) is 44.7 Å². The molecule has 2 N–H and O–H groups in total. The average Bonchev–Trinajstić information content (AvgIpc) is 2.45. The van der Waals surface area contributed by atoms with Crippen molar-refractivity contribution in [3.63, 3.8) is 0 Å². The highest BCUT2D eigenvalue weighted by Crippen LogP contribution is 2.15. The summed E-state index contributed by atoms with van der Waals surface area (Å²) in [4.78, 5) is 3.21. The maximum Gasteiger partial charge on any atom is 0.0727 e. The van der Waals surface area contributed by atoms with Gasteiger partial charge in [0.25, 0.3) is 0 Å². The van der Waals surface area contributed by atoms with E-state index in [2.05, 4.69) is 11.8 Å². The molecule has 0 radical (unpaired) electrons. The number of nitrogens with zero attached hydrogens (tertiary/aromatic N) is 1. The first-order valence-electron chi connectivity index (χ1n) is 5.19. The summed E-state index contributed by atoms with van der Waals surface area (Å²) in [6.45, 7) is 6.13. The number of likely N-dealkylation sites (tertiary alicyclic amines) is 1. The number of rotatable bonds is 5. The highest BCUT2D eigenvalue weighted by molar-refractivity contribution is 7.80. The van der Waals surface area contributed by atoms with E-state index in [1.807, 2.05) is 0 Å². The van der Waals surface area contributed by atoms with Gasteiger partial charge in [-0.25, -0.2) is 0 Å². The summed E-state index contributed by atoms with van der Waals surface area (Å²) in [6, 6.07) is 0. The molecule has 0 spiro atoms. The molecule has 0 bridgehead atoms. The first-order valence-corrected chi connectivity index (χ1v) is 5.60. The second-order valence-corrected chi connectivity index (χ2v) is 4.64. The van der Waals surface area contributed by atoms with Crippen LogP contribution < -0.4 is 5.73 Å². The Morgan fingerprint density at radius 1 is 1.54 bits per heavy atom. The van der Waals surface area contributed by atoms with Crippen LogP contribution in [0.4, 0.5) is 0 Å². The van der Waals surface area contributed by atoms with Crippen molar-refractivity contribution in [2.24, 2.45) is 11.7 Å². The molecule has 3 heteroatoms. The Morgan fingerprint density at radius 3 is 2.85 bits per heavy atom. The lowest BCUT2D eigenvalue weighted by molar-refractivity contribution is 0.321. The molecule has 1 heterocycles. The maximum absolute atomic E-state index is 5.43. The highest BCUT2D eigenvalue weighted by atomic mass is 32.1. The van der Waals surface area contributed by atoms with Crippen LogP contribution in [0.3, 0.4) is 0 Å². The van der Waals surface area contributed by atoms with Crippen LogP contribution in [-0.4, -0.2) is 29.5 Å². The Kier molecular flexibility index (Phi) is 4.67. The number of unbranched alkanes of at least 4 members (excludes halogenated alkanes) is 1. The monoisotopic (exact) mass is 200 g/mol. The number of hydrogen-bond acceptors (Lipinski definition) is 2. The zero-order valence-corrected chi connectivity index (χ0v) is 9.28. The van der Waals surface area contributed by atoms with Crippen LogP contribution >= 0.6 is 12.2 Å². The molecule has 1 aliphatic heterocycles. The summed E-state index contributed by atoms with van der Waals surface area (Å²) in [5, 5.41) is 0. The Labute approximate surface area is 86.5 Å². The van der Waals surface area contributed by atoms with Crippen LogP contribution in [0.1, 0.15) is 32.6 Å². The molecule has 0 aromatic heterocycles. The molecule has 13 heavy (non-hydrogen) atoms. The van der Waals surface area contributed by atoms with Gasteiger partial charge >= 0.3 is 0 Å². The minimum atomic E-state index is 0.662. The van der Waals surface area contributed by atoms with E-state index >= 15 is 0 Å². The second kappa shape index (κ2) is 5.55. The minimum Gasteiger partial charge on any atom is -0.393 e. The number of nitrogens with two attached hydrogens (primary N) is 1. The van der Waals surface area contributed by atoms with Gasteiger partial charge in [-0.15, -0.1) is 0 Å². The van der Waals surface area contributed by atoms with Gasteiger partial charge in [0, 0.05) is 6.54 Å². The van der Waals surface area contributed by atoms with Crippen molar-refractivity contribution in [2.75, 3.05) is 19.6 Å². The fraction of sp³-hybridized carbons (Fsp3) is 0.900. The summed E-state index contributed by atoms with van der Waals surface area (Å²) in [7, 11) is 0. The van der Waals surface area contributed by atoms with Gasteiger partial charge in [-0.2, -0.15) is 0 Å². The van der Waals surface area contributed by atoms with E-state index in [1.54, 1.807) is 0 Å². The zero-order valence-electron chi connectivity index (χ0n) is 8.46. The van der Waals surface area contributed by atoms with E-state index in [1.165, 1.54) is 32.5 Å². The van der Waals surface area contributed by atoms with Gasteiger partial charge in [0.2, 0.25) is 0 Å². The summed E-state index contributed by atoms with van der Waals surface area (Å²) in [5.74, 6) is 0.899. The van der Waals surface area contributed by atoms with Crippen molar-refractivity contribution in [3.8, 4) is 0 Å². The van der Waals surface area contributed by atoms with Gasteiger partial charge in [0.05, 0.1) is 4.99 Å². The Bertz CT molecular complexity index is 170. The molecule has 0 saturated carbocycles. The van der Waals surface area contributed by atoms with Crippen LogP contribution in [0.15, 0.2) is 0 Å². The minimum absolute atomic E-state index is 0.662. The predicted molar refractivity (Wildman–Crippen MR) is 60.9 cm³/mol. The topological polar surface area (TPSA) is 29.3 Å².